The van der Waals surface area contributed by atoms with E-state index in [-0.39, 0.29) is 6.42 Å². The van der Waals surface area contributed by atoms with E-state index >= 15 is 0 Å². The van der Waals surface area contributed by atoms with Gasteiger partial charge in [-0.2, -0.15) is 0 Å². The summed E-state index contributed by atoms with van der Waals surface area (Å²) >= 11 is 0. The number of hydrogen-bond acceptors (Lipinski definition) is 4. The smallest absolute Gasteiger partial charge is 0.348 e. The fourth-order valence-electron chi connectivity index (χ4n) is 0.994. The Morgan fingerprint density at radius 3 is 2.50 bits per heavy atom. The van der Waals surface area contributed by atoms with E-state index in [0.717, 1.165) is 0 Å². The first-order valence-corrected chi connectivity index (χ1v) is 6.08. The number of hydrogen-bond donors (Lipinski definition) is 0. The number of methoxy groups -OCH3 is 1. The van der Waals surface area contributed by atoms with Crippen LogP contribution in [0.15, 0.2) is 23.8 Å². The first-order valence-electron chi connectivity index (χ1n) is 6.08. The van der Waals surface area contributed by atoms with Crippen LogP contribution in [-0.4, -0.2) is 25.2 Å². The summed E-state index contributed by atoms with van der Waals surface area (Å²) in [6, 6.07) is 0. The Morgan fingerprint density at radius 2 is 1.95 bits per heavy atom. The second-order valence-electron chi connectivity index (χ2n) is 3.66. The molecule has 0 radical (unpaired) electrons. The number of carbonyl (C=O) groups excluding carboxylic acids is 2. The summed E-state index contributed by atoms with van der Waals surface area (Å²) in [7, 11) is 1.23. The average Bonchev–Trinajstić information content (AvgIpc) is 2.47. The van der Waals surface area contributed by atoms with Crippen LogP contribution in [0.2, 0.25) is 0 Å². The van der Waals surface area contributed by atoms with Crippen LogP contribution in [0.5, 0.6) is 0 Å². The highest BCUT2D eigenvalue weighted by Gasteiger charge is 2.23. The largest absolute Gasteiger partial charge is 0.466 e. The standard InChI is InChI=1S/C16H18O4/c1-5-7-8-9-10-11-12-14(16(18)19-4)20-15(17)13(3)6-2/h5-7,14H,12H2,1-4H3. The zero-order chi connectivity index (χ0) is 15.4. The maximum atomic E-state index is 11.6. The van der Waals surface area contributed by atoms with Gasteiger partial charge in [-0.05, 0) is 38.7 Å². The minimum atomic E-state index is -1.04. The number of allylic oxidation sites excluding steroid dienone is 3. The fraction of sp³-hybridized carbons (Fsp3) is 0.375. The molecular formula is C16H18O4. The highest BCUT2D eigenvalue weighted by molar-refractivity contribution is 5.90. The topological polar surface area (TPSA) is 52.6 Å². The van der Waals surface area contributed by atoms with Gasteiger partial charge in [0, 0.05) is 5.57 Å². The third-order valence-electron chi connectivity index (χ3n) is 2.23. The van der Waals surface area contributed by atoms with Crippen molar-refractivity contribution in [2.75, 3.05) is 7.11 Å². The molecule has 0 aromatic carbocycles. The maximum absolute atomic E-state index is 11.6. The Bertz CT molecular complexity index is 518. The lowest BCUT2D eigenvalue weighted by atomic mass is 10.2. The Kier molecular flexibility index (Phi) is 9.17. The third kappa shape index (κ3) is 7.08. The van der Waals surface area contributed by atoms with Crippen molar-refractivity contribution in [2.45, 2.75) is 33.3 Å². The molecule has 0 N–H and O–H groups in total. The molecule has 0 spiro atoms. The first-order chi connectivity index (χ1) is 9.56. The number of rotatable bonds is 4. The molecule has 0 aliphatic rings. The zero-order valence-corrected chi connectivity index (χ0v) is 12.1. The highest BCUT2D eigenvalue weighted by atomic mass is 16.6. The van der Waals surface area contributed by atoms with Gasteiger partial charge in [-0.25, -0.2) is 9.59 Å². The molecule has 0 heterocycles. The lowest BCUT2D eigenvalue weighted by Gasteiger charge is -2.13. The zero-order valence-electron chi connectivity index (χ0n) is 12.1. The van der Waals surface area contributed by atoms with Gasteiger partial charge in [-0.3, -0.25) is 0 Å². The summed E-state index contributed by atoms with van der Waals surface area (Å²) in [4.78, 5) is 23.1. The van der Waals surface area contributed by atoms with Crippen LogP contribution in [0.1, 0.15) is 27.2 Å². The second kappa shape index (κ2) is 10.5. The molecule has 1 atom stereocenters. The lowest BCUT2D eigenvalue weighted by Crippen LogP contribution is -2.28. The number of carbonyl (C=O) groups is 2. The normalized spacial score (nSPS) is 11.7. The Labute approximate surface area is 119 Å². The van der Waals surface area contributed by atoms with Crippen molar-refractivity contribution in [3.63, 3.8) is 0 Å². The van der Waals surface area contributed by atoms with Crippen molar-refractivity contribution in [3.8, 4) is 23.7 Å². The van der Waals surface area contributed by atoms with Gasteiger partial charge in [0.05, 0.1) is 13.5 Å². The summed E-state index contributed by atoms with van der Waals surface area (Å²) in [6.45, 7) is 5.16. The van der Waals surface area contributed by atoms with E-state index in [4.69, 9.17) is 4.74 Å². The van der Waals surface area contributed by atoms with Crippen molar-refractivity contribution >= 4 is 11.9 Å². The van der Waals surface area contributed by atoms with Gasteiger partial charge >= 0.3 is 11.9 Å². The summed E-state index contributed by atoms with van der Waals surface area (Å²) in [5.41, 5.74) is 0.416. The van der Waals surface area contributed by atoms with Gasteiger partial charge in [0.15, 0.2) is 0 Å². The van der Waals surface area contributed by atoms with Gasteiger partial charge in [-0.1, -0.05) is 24.0 Å². The van der Waals surface area contributed by atoms with Crippen molar-refractivity contribution in [1.29, 1.82) is 0 Å². The van der Waals surface area contributed by atoms with Crippen molar-refractivity contribution in [1.82, 2.24) is 0 Å². The van der Waals surface area contributed by atoms with Gasteiger partial charge in [0.25, 0.3) is 0 Å². The third-order valence-corrected chi connectivity index (χ3v) is 2.23. The summed E-state index contributed by atoms with van der Waals surface area (Å²) < 4.78 is 9.61. The predicted octanol–water partition coefficient (Wildman–Crippen LogP) is 2.01. The van der Waals surface area contributed by atoms with Crippen LogP contribution in [0.4, 0.5) is 0 Å². The number of esters is 2. The van der Waals surface area contributed by atoms with Crippen LogP contribution in [0, 0.1) is 23.7 Å². The molecule has 0 aliphatic heterocycles. The molecule has 20 heavy (non-hydrogen) atoms. The molecule has 0 fully saturated rings. The van der Waals surface area contributed by atoms with Crippen molar-refractivity contribution < 1.29 is 19.1 Å². The van der Waals surface area contributed by atoms with Gasteiger partial charge in [-0.15, -0.1) is 0 Å². The quantitative estimate of drug-likeness (QED) is 0.447. The second-order valence-corrected chi connectivity index (χ2v) is 3.66. The molecule has 0 saturated heterocycles. The lowest BCUT2D eigenvalue weighted by molar-refractivity contribution is -0.163. The van der Waals surface area contributed by atoms with Crippen molar-refractivity contribution in [3.05, 3.63) is 23.8 Å². The molecule has 0 bridgehead atoms. The van der Waals surface area contributed by atoms with E-state index in [1.807, 2.05) is 6.92 Å². The molecule has 0 aromatic rings. The molecule has 0 saturated carbocycles. The fourth-order valence-corrected chi connectivity index (χ4v) is 0.994. The van der Waals surface area contributed by atoms with E-state index < -0.39 is 18.0 Å². The Balaban J connectivity index is 4.72. The monoisotopic (exact) mass is 274 g/mol. The Morgan fingerprint density at radius 1 is 1.25 bits per heavy atom. The number of ether oxygens (including phenoxy) is 2. The van der Waals surface area contributed by atoms with E-state index in [9.17, 15) is 9.59 Å². The van der Waals surface area contributed by atoms with Gasteiger partial charge < -0.3 is 9.47 Å². The molecule has 0 amide bonds. The van der Waals surface area contributed by atoms with E-state index in [1.165, 1.54) is 7.11 Å². The molecule has 0 rings (SSSR count). The van der Waals surface area contributed by atoms with Crippen molar-refractivity contribution in [2.24, 2.45) is 0 Å². The molecule has 0 aliphatic carbocycles. The average molecular weight is 274 g/mol. The van der Waals surface area contributed by atoms with E-state index in [0.29, 0.717) is 5.57 Å². The first kappa shape index (κ1) is 17.5. The molecule has 4 nitrogen and oxygen atoms in total. The molecule has 106 valence electrons. The van der Waals surface area contributed by atoms with Gasteiger partial charge in [0.1, 0.15) is 0 Å². The van der Waals surface area contributed by atoms with E-state index in [1.54, 1.807) is 32.1 Å². The summed E-state index contributed by atoms with van der Waals surface area (Å²) in [5, 5.41) is 0. The minimum absolute atomic E-state index is 0.0416. The minimum Gasteiger partial charge on any atom is -0.466 e. The molecular weight excluding hydrogens is 256 g/mol. The maximum Gasteiger partial charge on any atom is 0.348 e. The van der Waals surface area contributed by atoms with Crippen LogP contribution in [-0.2, 0) is 19.1 Å². The van der Waals surface area contributed by atoms with Crippen LogP contribution in [0.3, 0.4) is 0 Å². The molecule has 1 unspecified atom stereocenters. The Hall–Kier alpha value is -2.46. The molecule has 4 heteroatoms. The van der Waals surface area contributed by atoms with Gasteiger partial charge in [0.2, 0.25) is 6.10 Å². The summed E-state index contributed by atoms with van der Waals surface area (Å²) in [6.07, 6.45) is 4.04. The van der Waals surface area contributed by atoms with Crippen LogP contribution >= 0.6 is 0 Å². The van der Waals surface area contributed by atoms with Crippen LogP contribution < -0.4 is 0 Å². The summed E-state index contributed by atoms with van der Waals surface area (Å²) in [5.74, 6) is 9.30. The predicted molar refractivity (Wildman–Crippen MR) is 76.3 cm³/mol. The molecule has 0 aromatic heterocycles. The van der Waals surface area contributed by atoms with Crippen LogP contribution in [0.25, 0.3) is 0 Å². The SMILES string of the molecule is CC=CC#CC#CCC(OC(=O)C(C)=CC)C(=O)OC. The highest BCUT2D eigenvalue weighted by Crippen LogP contribution is 2.05. The van der Waals surface area contributed by atoms with E-state index in [2.05, 4.69) is 28.4 Å².